The van der Waals surface area contributed by atoms with E-state index in [2.05, 4.69) is 10.4 Å². The topological polar surface area (TPSA) is 88.3 Å². The Morgan fingerprint density at radius 2 is 1.63 bits per heavy atom. The highest BCUT2D eigenvalue weighted by Gasteiger charge is 2.59. The number of phenolic OH excluding ortho intramolecular Hbond substituents is 1. The van der Waals surface area contributed by atoms with Crippen LogP contribution in [0.15, 0.2) is 46.8 Å². The molecular formula is C24H26N2O4. The maximum atomic E-state index is 11.7. The Bertz CT molecular complexity index is 999. The molecule has 1 aliphatic heterocycles. The summed E-state index contributed by atoms with van der Waals surface area (Å²) in [6, 6.07) is 10.4. The van der Waals surface area contributed by atoms with Crippen LogP contribution in [0.2, 0.25) is 0 Å². The van der Waals surface area contributed by atoms with Crippen LogP contribution in [-0.4, -0.2) is 5.11 Å². The molecule has 2 aromatic carbocycles. The van der Waals surface area contributed by atoms with Gasteiger partial charge in [0.15, 0.2) is 0 Å². The molecular weight excluding hydrogens is 380 g/mol. The number of nitrogens with zero attached hydrogens (tertiary/aromatic N) is 2. The lowest BCUT2D eigenvalue weighted by atomic mass is 9.51. The first-order chi connectivity index (χ1) is 14.6. The van der Waals surface area contributed by atoms with Crippen molar-refractivity contribution in [3.05, 3.63) is 57.3 Å². The van der Waals surface area contributed by atoms with Crippen molar-refractivity contribution in [1.82, 2.24) is 0 Å². The molecule has 156 valence electrons. The summed E-state index contributed by atoms with van der Waals surface area (Å²) in [5, 5.41) is 16.3. The van der Waals surface area contributed by atoms with Crippen LogP contribution in [-0.2, 0) is 11.0 Å². The van der Waals surface area contributed by atoms with Crippen LogP contribution in [0, 0.1) is 15.7 Å². The van der Waals surface area contributed by atoms with Gasteiger partial charge in [-0.2, -0.15) is 0 Å². The molecule has 2 aromatic rings. The first kappa shape index (κ1) is 19.2. The third kappa shape index (κ3) is 2.69. The fourth-order valence-electron chi connectivity index (χ4n) is 6.57. The van der Waals surface area contributed by atoms with E-state index in [-0.39, 0.29) is 22.8 Å². The lowest BCUT2D eigenvalue weighted by molar-refractivity contribution is -0.0945. The molecule has 0 aromatic heterocycles. The van der Waals surface area contributed by atoms with Gasteiger partial charge in [0.05, 0.1) is 0 Å². The minimum absolute atomic E-state index is 0.0214. The molecule has 3 aliphatic rings. The Balaban J connectivity index is 1.78. The van der Waals surface area contributed by atoms with Crippen molar-refractivity contribution in [1.29, 1.82) is 0 Å². The van der Waals surface area contributed by atoms with Crippen LogP contribution in [0.3, 0.4) is 0 Å². The van der Waals surface area contributed by atoms with E-state index in [4.69, 9.17) is 4.74 Å². The van der Waals surface area contributed by atoms with Gasteiger partial charge in [-0.1, -0.05) is 31.7 Å². The number of benzene rings is 2. The lowest BCUT2D eigenvalue weighted by Crippen LogP contribution is -2.57. The van der Waals surface area contributed by atoms with Crippen molar-refractivity contribution in [3.8, 4) is 11.5 Å². The van der Waals surface area contributed by atoms with Gasteiger partial charge in [0, 0.05) is 34.6 Å². The smallest absolute Gasteiger partial charge is 0.140 e. The van der Waals surface area contributed by atoms with Crippen LogP contribution in [0.25, 0.3) is 0 Å². The number of nitroso groups, excluding NO2 is 2. The lowest BCUT2D eigenvalue weighted by Gasteiger charge is -2.58. The molecule has 0 saturated heterocycles. The van der Waals surface area contributed by atoms with Gasteiger partial charge in [0.25, 0.3) is 0 Å². The molecule has 1 heterocycles. The van der Waals surface area contributed by atoms with Crippen molar-refractivity contribution in [2.45, 2.75) is 68.8 Å². The second kappa shape index (κ2) is 7.18. The predicted octanol–water partition coefficient (Wildman–Crippen LogP) is 6.87. The normalized spacial score (nSPS) is 26.9. The summed E-state index contributed by atoms with van der Waals surface area (Å²) in [5.41, 5.74) is 1.77. The number of rotatable bonds is 3. The number of hydrogen-bond donors (Lipinski definition) is 1. The van der Waals surface area contributed by atoms with Crippen molar-refractivity contribution in [2.75, 3.05) is 0 Å². The first-order valence-corrected chi connectivity index (χ1v) is 11.0. The molecule has 6 nitrogen and oxygen atoms in total. The van der Waals surface area contributed by atoms with E-state index in [1.807, 2.05) is 6.07 Å². The molecule has 2 aliphatic carbocycles. The molecule has 1 spiro atoms. The van der Waals surface area contributed by atoms with Gasteiger partial charge >= 0.3 is 0 Å². The second-order valence-electron chi connectivity index (χ2n) is 9.07. The van der Waals surface area contributed by atoms with Gasteiger partial charge in [0.2, 0.25) is 0 Å². The Labute approximate surface area is 175 Å². The highest BCUT2D eigenvalue weighted by molar-refractivity contribution is 5.58. The average Bonchev–Trinajstić information content (AvgIpc) is 2.79. The average molecular weight is 406 g/mol. The molecule has 2 fully saturated rings. The summed E-state index contributed by atoms with van der Waals surface area (Å²) in [4.78, 5) is 23.0. The largest absolute Gasteiger partial charge is 0.508 e. The Morgan fingerprint density at radius 1 is 0.867 bits per heavy atom. The molecule has 1 N–H and O–H groups in total. The fraction of sp³-hybridized carbons (Fsp3) is 0.500. The highest BCUT2D eigenvalue weighted by atomic mass is 16.5. The summed E-state index contributed by atoms with van der Waals surface area (Å²) in [6.45, 7) is 0. The molecule has 6 heteroatoms. The van der Waals surface area contributed by atoms with Gasteiger partial charge in [-0.25, -0.2) is 0 Å². The quantitative estimate of drug-likeness (QED) is 0.563. The maximum absolute atomic E-state index is 11.7. The van der Waals surface area contributed by atoms with E-state index in [1.165, 1.54) is 18.1 Å². The Kier molecular flexibility index (Phi) is 4.60. The summed E-state index contributed by atoms with van der Waals surface area (Å²) in [7, 11) is 0. The van der Waals surface area contributed by atoms with Crippen molar-refractivity contribution in [2.24, 2.45) is 16.3 Å². The second-order valence-corrected chi connectivity index (χ2v) is 9.07. The molecule has 0 amide bonds. The monoisotopic (exact) mass is 406 g/mol. The van der Waals surface area contributed by atoms with E-state index < -0.39 is 5.60 Å². The van der Waals surface area contributed by atoms with Crippen LogP contribution < -0.4 is 4.74 Å². The molecule has 30 heavy (non-hydrogen) atoms. The molecule has 0 bridgehead atoms. The zero-order chi connectivity index (χ0) is 20.8. The fourth-order valence-corrected chi connectivity index (χ4v) is 6.57. The maximum Gasteiger partial charge on any atom is 0.140 e. The van der Waals surface area contributed by atoms with Crippen molar-refractivity contribution < 1.29 is 9.84 Å². The van der Waals surface area contributed by atoms with Crippen LogP contribution >= 0.6 is 0 Å². The summed E-state index contributed by atoms with van der Waals surface area (Å²) < 4.78 is 6.78. The molecule has 0 radical (unpaired) electrons. The summed E-state index contributed by atoms with van der Waals surface area (Å²) in [6.07, 6.45) is 9.62. The molecule has 2 unspecified atom stereocenters. The first-order valence-electron chi connectivity index (χ1n) is 11.0. The molecule has 2 saturated carbocycles. The number of ether oxygens (including phenoxy) is 1. The molecule has 2 atom stereocenters. The summed E-state index contributed by atoms with van der Waals surface area (Å²) in [5.74, 6) is 0.942. The number of aromatic hydroxyl groups is 1. The van der Waals surface area contributed by atoms with Crippen LogP contribution in [0.5, 0.6) is 11.5 Å². The van der Waals surface area contributed by atoms with Crippen LogP contribution in [0.1, 0.15) is 68.9 Å². The van der Waals surface area contributed by atoms with Crippen molar-refractivity contribution >= 4 is 11.4 Å². The van der Waals surface area contributed by atoms with E-state index >= 15 is 0 Å². The van der Waals surface area contributed by atoms with Gasteiger partial charge in [-0.15, -0.1) is 9.81 Å². The van der Waals surface area contributed by atoms with Crippen molar-refractivity contribution in [3.63, 3.8) is 0 Å². The Morgan fingerprint density at radius 3 is 2.40 bits per heavy atom. The van der Waals surface area contributed by atoms with Gasteiger partial charge < -0.3 is 9.84 Å². The zero-order valence-corrected chi connectivity index (χ0v) is 17.0. The summed E-state index contributed by atoms with van der Waals surface area (Å²) >= 11 is 0. The minimum Gasteiger partial charge on any atom is -0.508 e. The third-order valence-electron chi connectivity index (χ3n) is 7.70. The van der Waals surface area contributed by atoms with Crippen LogP contribution in [0.4, 0.5) is 11.4 Å². The predicted molar refractivity (Wildman–Crippen MR) is 114 cm³/mol. The number of fused-ring (bicyclic) bond motifs is 4. The number of phenols is 1. The minimum atomic E-state index is -0.693. The molecule has 5 rings (SSSR count). The standard InChI is InChI=1S/C24H26N2O4/c27-17-8-10-18(20(15-17)26-29)24-13-5-2-6-22(24)23(11-3-1-4-12-23)19-9-7-16(25-28)14-21(19)30-24/h7-10,14-15,22,27H,1-6,11-13H2. The van der Waals surface area contributed by atoms with E-state index in [9.17, 15) is 14.9 Å². The van der Waals surface area contributed by atoms with E-state index in [0.717, 1.165) is 56.9 Å². The SMILES string of the molecule is O=Nc1ccc2c(c1)OC1(c3ccc(O)cc3N=O)CCCCC1C21CCCCC1. The zero-order valence-electron chi connectivity index (χ0n) is 17.0. The Hall–Kier alpha value is -2.76. The van der Waals surface area contributed by atoms with E-state index in [0.29, 0.717) is 11.4 Å². The van der Waals surface area contributed by atoms with Gasteiger partial charge in [0.1, 0.15) is 28.5 Å². The highest BCUT2D eigenvalue weighted by Crippen LogP contribution is 2.64. The van der Waals surface area contributed by atoms with Gasteiger partial charge in [-0.3, -0.25) is 0 Å². The van der Waals surface area contributed by atoms with Gasteiger partial charge in [-0.05, 0) is 60.7 Å². The number of hydrogen-bond acceptors (Lipinski definition) is 6. The van der Waals surface area contributed by atoms with E-state index in [1.54, 1.807) is 24.3 Å². The third-order valence-corrected chi connectivity index (χ3v) is 7.70.